The summed E-state index contributed by atoms with van der Waals surface area (Å²) in [6.45, 7) is 57.0. The summed E-state index contributed by atoms with van der Waals surface area (Å²) >= 11 is 0. The van der Waals surface area contributed by atoms with Gasteiger partial charge in [0.25, 0.3) is 0 Å². The van der Waals surface area contributed by atoms with Gasteiger partial charge in [-0.1, -0.05) is 138 Å². The molecule has 4 rings (SSSR count). The van der Waals surface area contributed by atoms with Crippen LogP contribution in [0.2, 0.25) is 0 Å². The van der Waals surface area contributed by atoms with Crippen molar-refractivity contribution in [1.82, 2.24) is 0 Å². The smallest absolute Gasteiger partial charge is 0 e. The van der Waals surface area contributed by atoms with E-state index in [1.807, 2.05) is 0 Å². The van der Waals surface area contributed by atoms with Gasteiger partial charge in [0.2, 0.25) is 0 Å². The van der Waals surface area contributed by atoms with Crippen molar-refractivity contribution >= 4 is 27.2 Å². The molecular weight excluding hydrogens is 1200 g/mol. The van der Waals surface area contributed by atoms with Gasteiger partial charge in [-0.2, -0.15) is 111 Å². The van der Waals surface area contributed by atoms with Crippen molar-refractivity contribution in [3.05, 3.63) is 111 Å². The Labute approximate surface area is 391 Å². The van der Waals surface area contributed by atoms with Crippen LogP contribution in [0.15, 0.2) is 0 Å². The predicted molar refractivity (Wildman–Crippen MR) is 210 cm³/mol. The molecule has 0 aromatic heterocycles. The van der Waals surface area contributed by atoms with Crippen molar-refractivity contribution < 1.29 is 118 Å². The van der Waals surface area contributed by atoms with Crippen LogP contribution < -0.4 is 0 Å². The van der Waals surface area contributed by atoms with E-state index < -0.39 is 0 Å². The third kappa shape index (κ3) is 19.8. The summed E-state index contributed by atoms with van der Waals surface area (Å²) in [5, 5.41) is 0. The van der Waals surface area contributed by atoms with Crippen molar-refractivity contribution in [2.24, 2.45) is 0 Å². The molecule has 0 aliphatic heterocycles. The molecule has 0 aliphatic rings. The fraction of sp³-hybridized carbons (Fsp3) is 0.455. The number of carbonyl (C=O) groups excluding carboxylic acids is 4. The second-order valence-electron chi connectivity index (χ2n) is 12.5. The molecule has 0 N–H and O–H groups in total. The van der Waals surface area contributed by atoms with E-state index in [-0.39, 0.29) is 99.0 Å². The topological polar surface area (TPSA) is 68.3 Å². The summed E-state index contributed by atoms with van der Waals surface area (Å²) in [5.41, 5.74) is 29.4. The number of hydrogen-bond donors (Lipinski definition) is 0. The van der Waals surface area contributed by atoms with Crippen LogP contribution in [-0.4, -0.2) is 27.2 Å². The van der Waals surface area contributed by atoms with Crippen LogP contribution >= 0.6 is 0 Å². The summed E-state index contributed by atoms with van der Waals surface area (Å²) in [6.07, 6.45) is 0. The second kappa shape index (κ2) is 36.9. The third-order valence-electron chi connectivity index (χ3n) is 11.2. The molecular formula is C44H64O4PtRh4-8. The Hall–Kier alpha value is -0.738. The average molecular weight is 1260 g/mol. The number of rotatable bonds is 0. The van der Waals surface area contributed by atoms with Gasteiger partial charge in [-0.25, -0.2) is 0 Å². The Morgan fingerprint density at radius 1 is 0.245 bits per heavy atom. The normalized spacial score (nSPS) is 8.23. The Morgan fingerprint density at radius 3 is 0.321 bits per heavy atom. The van der Waals surface area contributed by atoms with E-state index >= 15 is 0 Å². The zero-order chi connectivity index (χ0) is 39.5. The summed E-state index contributed by atoms with van der Waals surface area (Å²) in [4.78, 5) is 31.0. The van der Waals surface area contributed by atoms with Crippen molar-refractivity contribution in [3.8, 4) is 0 Å². The van der Waals surface area contributed by atoms with E-state index in [1.165, 1.54) is 111 Å². The van der Waals surface area contributed by atoms with E-state index in [0.717, 1.165) is 0 Å². The van der Waals surface area contributed by atoms with Gasteiger partial charge in [0.1, 0.15) is 0 Å². The van der Waals surface area contributed by atoms with Gasteiger partial charge in [0, 0.05) is 99.0 Å². The van der Waals surface area contributed by atoms with Crippen molar-refractivity contribution in [3.63, 3.8) is 0 Å². The fourth-order valence-electron chi connectivity index (χ4n) is 5.62. The minimum Gasteiger partial charge on any atom is -0.545 e. The van der Waals surface area contributed by atoms with Crippen LogP contribution in [0.4, 0.5) is 0 Å². The van der Waals surface area contributed by atoms with E-state index in [9.17, 15) is 0 Å². The Balaban J connectivity index is -0.0000000634. The minimum atomic E-state index is 0. The standard InChI is InChI=1S/4C10H15.4CHO.Pt.4Rh/c4*1-6-7(2)9(4)10(5)8(6)3;4*1-2;;;;;/h4*1-5H3;4*1H;;;;;/q8*-1;;;;;. The molecule has 0 saturated heterocycles. The van der Waals surface area contributed by atoms with Crippen molar-refractivity contribution in [2.75, 3.05) is 0 Å². The Bertz CT molecular complexity index is 1020. The molecule has 53 heavy (non-hydrogen) atoms. The molecule has 0 saturated carbocycles. The average Bonchev–Trinajstić information content (AvgIpc) is 3.56. The zero-order valence-corrected chi connectivity index (χ0v) is 44.4. The first-order valence-corrected chi connectivity index (χ1v) is 15.9. The molecule has 4 nitrogen and oxygen atoms in total. The van der Waals surface area contributed by atoms with Crippen LogP contribution in [-0.2, 0) is 118 Å². The maximum absolute atomic E-state index is 7.75. The molecule has 318 valence electrons. The van der Waals surface area contributed by atoms with Gasteiger partial charge in [0.15, 0.2) is 0 Å². The van der Waals surface area contributed by atoms with E-state index in [2.05, 4.69) is 166 Å². The monoisotopic (exact) mass is 1260 g/mol. The van der Waals surface area contributed by atoms with Crippen molar-refractivity contribution in [2.45, 2.75) is 138 Å². The molecule has 0 fully saturated rings. The van der Waals surface area contributed by atoms with Crippen LogP contribution in [0.5, 0.6) is 0 Å². The van der Waals surface area contributed by atoms with Crippen LogP contribution in [0, 0.1) is 138 Å². The van der Waals surface area contributed by atoms with Gasteiger partial charge >= 0.3 is 0 Å². The van der Waals surface area contributed by atoms with Gasteiger partial charge in [-0.05, 0) is 0 Å². The first kappa shape index (κ1) is 73.4. The van der Waals surface area contributed by atoms with Gasteiger partial charge in [-0.15, -0.1) is 0 Å². The Kier molecular flexibility index (Phi) is 51.1. The molecule has 0 amide bonds. The summed E-state index contributed by atoms with van der Waals surface area (Å²) in [7, 11) is 0. The SMILES string of the molecule is Cc1c(C)c(C)[c-](C)c1C.Cc1c(C)c(C)[c-](C)c1C.Cc1c(C)c(C)[c-](C)c1C.Cc1c(C)c(C)[c-](C)c1C.[CH-]=O.[CH-]=O.[CH-]=O.[CH-]=O.[Pt].[Rh].[Rh].[Rh].[Rh]. The van der Waals surface area contributed by atoms with Crippen molar-refractivity contribution in [1.29, 1.82) is 0 Å². The molecule has 4 aromatic rings. The van der Waals surface area contributed by atoms with Gasteiger partial charge in [0.05, 0.1) is 0 Å². The maximum atomic E-state index is 7.75. The first-order chi connectivity index (χ1) is 22.2. The first-order valence-electron chi connectivity index (χ1n) is 15.9. The van der Waals surface area contributed by atoms with Crippen LogP contribution in [0.3, 0.4) is 0 Å². The molecule has 9 heteroatoms. The van der Waals surface area contributed by atoms with E-state index in [0.29, 0.717) is 0 Å². The Morgan fingerprint density at radius 2 is 0.302 bits per heavy atom. The molecule has 0 heterocycles. The molecule has 0 unspecified atom stereocenters. The van der Waals surface area contributed by atoms with E-state index in [4.69, 9.17) is 19.2 Å². The predicted octanol–water partition coefficient (Wildman–Crippen LogP) is 10.7. The second-order valence-corrected chi connectivity index (χ2v) is 12.5. The number of hydrogen-bond acceptors (Lipinski definition) is 4. The summed E-state index contributed by atoms with van der Waals surface area (Å²) in [6, 6.07) is 0. The molecule has 4 radical (unpaired) electrons. The van der Waals surface area contributed by atoms with E-state index in [1.54, 1.807) is 0 Å². The molecule has 0 atom stereocenters. The minimum absolute atomic E-state index is 0. The molecule has 4 aromatic carbocycles. The van der Waals surface area contributed by atoms with Gasteiger partial charge < -0.3 is 19.2 Å². The fourth-order valence-corrected chi connectivity index (χ4v) is 5.62. The molecule has 0 aliphatic carbocycles. The molecule has 0 bridgehead atoms. The largest absolute Gasteiger partial charge is 0.545 e. The summed E-state index contributed by atoms with van der Waals surface area (Å²) in [5.74, 6) is 0. The molecule has 0 spiro atoms. The summed E-state index contributed by atoms with van der Waals surface area (Å²) < 4.78 is 0. The van der Waals surface area contributed by atoms with Crippen LogP contribution in [0.1, 0.15) is 111 Å². The maximum Gasteiger partial charge on any atom is 0 e. The third-order valence-corrected chi connectivity index (χ3v) is 11.2. The van der Waals surface area contributed by atoms with Gasteiger partial charge in [-0.3, -0.25) is 27.2 Å². The quantitative estimate of drug-likeness (QED) is 0.1000. The van der Waals surface area contributed by atoms with Crippen LogP contribution in [0.25, 0.3) is 0 Å². The zero-order valence-electron chi connectivity index (χ0n) is 35.6.